The van der Waals surface area contributed by atoms with Crippen LogP contribution in [0.2, 0.25) is 0 Å². The highest BCUT2D eigenvalue weighted by molar-refractivity contribution is 7.13. The van der Waals surface area contributed by atoms with Crippen LogP contribution in [0.15, 0.2) is 60.0 Å². The second-order valence-corrected chi connectivity index (χ2v) is 8.64. The summed E-state index contributed by atoms with van der Waals surface area (Å²) < 4.78 is 10.9. The maximum absolute atomic E-state index is 12.7. The first-order chi connectivity index (χ1) is 16.2. The minimum absolute atomic E-state index is 0.0383. The molecule has 4 rings (SSSR count). The fourth-order valence-electron chi connectivity index (χ4n) is 3.77. The maximum atomic E-state index is 12.7. The van der Waals surface area contributed by atoms with E-state index in [1.54, 1.807) is 24.5 Å². The Balaban J connectivity index is 1.28. The largest absolute Gasteiger partial charge is 0.497 e. The molecule has 6 nitrogen and oxygen atoms in total. The molecule has 1 aromatic heterocycles. The normalized spacial score (nSPS) is 14.5. The van der Waals surface area contributed by atoms with E-state index in [2.05, 4.69) is 10.3 Å². The zero-order chi connectivity index (χ0) is 23.0. The van der Waals surface area contributed by atoms with Crippen molar-refractivity contribution in [3.05, 3.63) is 71.2 Å². The van der Waals surface area contributed by atoms with Crippen LogP contribution in [0, 0.1) is 0 Å². The van der Waals surface area contributed by atoms with Gasteiger partial charge >= 0.3 is 0 Å². The number of ether oxygens (including phenoxy) is 2. The van der Waals surface area contributed by atoms with Gasteiger partial charge in [0, 0.05) is 55.3 Å². The van der Waals surface area contributed by atoms with Gasteiger partial charge in [-0.25, -0.2) is 4.98 Å². The van der Waals surface area contributed by atoms with Gasteiger partial charge in [0.15, 0.2) is 0 Å². The van der Waals surface area contributed by atoms with E-state index >= 15 is 0 Å². The fourth-order valence-corrected chi connectivity index (χ4v) is 4.59. The van der Waals surface area contributed by atoms with Crippen LogP contribution in [-0.4, -0.2) is 60.6 Å². The molecule has 1 fully saturated rings. The molecule has 33 heavy (non-hydrogen) atoms. The summed E-state index contributed by atoms with van der Waals surface area (Å²) in [4.78, 5) is 21.7. The van der Waals surface area contributed by atoms with E-state index in [-0.39, 0.29) is 5.91 Å². The zero-order valence-electron chi connectivity index (χ0n) is 19.1. The maximum Gasteiger partial charge on any atom is 0.246 e. The molecule has 2 heterocycles. The van der Waals surface area contributed by atoms with Crippen molar-refractivity contribution in [2.75, 3.05) is 39.9 Å². The molecule has 3 aromatic rings. The molecule has 7 heteroatoms. The second-order valence-electron chi connectivity index (χ2n) is 7.78. The Kier molecular flexibility index (Phi) is 7.75. The molecule has 0 saturated carbocycles. The first-order valence-electron chi connectivity index (χ1n) is 11.2. The summed E-state index contributed by atoms with van der Waals surface area (Å²) in [6, 6.07) is 15.7. The number of para-hydroxylation sites is 1. The minimum Gasteiger partial charge on any atom is -0.497 e. The number of methoxy groups -OCH3 is 1. The molecule has 0 N–H and O–H groups in total. The molecule has 0 spiro atoms. The topological polar surface area (TPSA) is 54.9 Å². The van der Waals surface area contributed by atoms with Crippen molar-refractivity contribution in [1.82, 2.24) is 14.8 Å². The van der Waals surface area contributed by atoms with E-state index < -0.39 is 0 Å². The highest BCUT2D eigenvalue weighted by Crippen LogP contribution is 2.26. The van der Waals surface area contributed by atoms with Crippen molar-refractivity contribution in [3.8, 4) is 22.1 Å². The number of carbonyl (C=O) groups excluding carboxylic acids is 1. The van der Waals surface area contributed by atoms with Crippen molar-refractivity contribution in [3.63, 3.8) is 0 Å². The summed E-state index contributed by atoms with van der Waals surface area (Å²) in [6.07, 6.45) is 3.49. The first-order valence-corrected chi connectivity index (χ1v) is 12.0. The van der Waals surface area contributed by atoms with Crippen LogP contribution in [0.4, 0.5) is 0 Å². The molecule has 0 atom stereocenters. The van der Waals surface area contributed by atoms with Crippen LogP contribution < -0.4 is 9.47 Å². The van der Waals surface area contributed by atoms with Gasteiger partial charge in [-0.3, -0.25) is 9.69 Å². The molecule has 1 aliphatic heterocycles. The highest BCUT2D eigenvalue weighted by Gasteiger charge is 2.20. The summed E-state index contributed by atoms with van der Waals surface area (Å²) in [5.41, 5.74) is 3.08. The van der Waals surface area contributed by atoms with Crippen molar-refractivity contribution in [2.24, 2.45) is 0 Å². The summed E-state index contributed by atoms with van der Waals surface area (Å²) in [6.45, 7) is 6.46. The molecule has 172 valence electrons. The summed E-state index contributed by atoms with van der Waals surface area (Å²) >= 11 is 1.66. The van der Waals surface area contributed by atoms with Gasteiger partial charge in [0.25, 0.3) is 0 Å². The van der Waals surface area contributed by atoms with Gasteiger partial charge in [-0.1, -0.05) is 18.2 Å². The third-order valence-electron chi connectivity index (χ3n) is 5.58. The zero-order valence-corrected chi connectivity index (χ0v) is 19.9. The molecule has 0 unspecified atom stereocenters. The van der Waals surface area contributed by atoms with E-state index in [0.29, 0.717) is 19.7 Å². The first kappa shape index (κ1) is 23.0. The summed E-state index contributed by atoms with van der Waals surface area (Å²) in [5.74, 6) is 1.68. The minimum atomic E-state index is 0.0383. The Morgan fingerprint density at radius 3 is 2.58 bits per heavy atom. The molecular formula is C26H29N3O3S. The number of hydrogen-bond acceptors (Lipinski definition) is 6. The van der Waals surface area contributed by atoms with E-state index in [9.17, 15) is 4.79 Å². The third-order valence-corrected chi connectivity index (χ3v) is 6.52. The molecule has 0 radical (unpaired) electrons. The Labute approximate surface area is 199 Å². The molecular weight excluding hydrogens is 434 g/mol. The fraction of sp³-hybridized carbons (Fsp3) is 0.308. The second kappa shape index (κ2) is 11.1. The molecule has 2 aromatic carbocycles. The van der Waals surface area contributed by atoms with Crippen molar-refractivity contribution < 1.29 is 14.3 Å². The lowest BCUT2D eigenvalue weighted by atomic mass is 10.2. The number of amides is 1. The smallest absolute Gasteiger partial charge is 0.246 e. The number of rotatable bonds is 8. The van der Waals surface area contributed by atoms with Crippen LogP contribution in [-0.2, 0) is 11.3 Å². The van der Waals surface area contributed by atoms with Gasteiger partial charge in [0.1, 0.15) is 16.5 Å². The molecule has 0 bridgehead atoms. The molecule has 1 aliphatic rings. The van der Waals surface area contributed by atoms with Crippen molar-refractivity contribution in [1.29, 1.82) is 0 Å². The lowest BCUT2D eigenvalue weighted by molar-refractivity contribution is -0.127. The number of benzene rings is 2. The van der Waals surface area contributed by atoms with Gasteiger partial charge in [0.2, 0.25) is 5.91 Å². The average molecular weight is 464 g/mol. The van der Waals surface area contributed by atoms with E-state index in [1.165, 1.54) is 0 Å². The quantitative estimate of drug-likeness (QED) is 0.458. The van der Waals surface area contributed by atoms with Gasteiger partial charge in [-0.15, -0.1) is 11.3 Å². The van der Waals surface area contributed by atoms with Crippen molar-refractivity contribution in [2.45, 2.75) is 13.5 Å². The van der Waals surface area contributed by atoms with Crippen LogP contribution in [0.25, 0.3) is 16.6 Å². The van der Waals surface area contributed by atoms with E-state index in [0.717, 1.165) is 53.0 Å². The lowest BCUT2D eigenvalue weighted by Gasteiger charge is -2.33. The monoisotopic (exact) mass is 463 g/mol. The van der Waals surface area contributed by atoms with Crippen LogP contribution in [0.3, 0.4) is 0 Å². The third kappa shape index (κ3) is 6.00. The molecule has 0 aliphatic carbocycles. The van der Waals surface area contributed by atoms with E-state index in [4.69, 9.17) is 14.5 Å². The summed E-state index contributed by atoms with van der Waals surface area (Å²) in [7, 11) is 1.67. The lowest BCUT2D eigenvalue weighted by Crippen LogP contribution is -2.47. The number of hydrogen-bond donors (Lipinski definition) is 0. The predicted octanol–water partition coefficient (Wildman–Crippen LogP) is 4.58. The van der Waals surface area contributed by atoms with Gasteiger partial charge in [-0.05, 0) is 43.3 Å². The Morgan fingerprint density at radius 1 is 1.09 bits per heavy atom. The Morgan fingerprint density at radius 2 is 1.85 bits per heavy atom. The van der Waals surface area contributed by atoms with Gasteiger partial charge in [-0.2, -0.15) is 0 Å². The predicted molar refractivity (Wildman–Crippen MR) is 133 cm³/mol. The number of thiazole rings is 1. The van der Waals surface area contributed by atoms with E-state index in [1.807, 2.05) is 66.4 Å². The van der Waals surface area contributed by atoms with Crippen LogP contribution >= 0.6 is 11.3 Å². The van der Waals surface area contributed by atoms with Gasteiger partial charge < -0.3 is 14.4 Å². The van der Waals surface area contributed by atoms with Gasteiger partial charge in [0.05, 0.1) is 19.4 Å². The number of carbonyl (C=O) groups is 1. The number of nitrogens with zero attached hydrogens (tertiary/aromatic N) is 3. The molecule has 1 saturated heterocycles. The number of aromatic nitrogens is 1. The van der Waals surface area contributed by atoms with Crippen LogP contribution in [0.1, 0.15) is 18.2 Å². The summed E-state index contributed by atoms with van der Waals surface area (Å²) in [5, 5.41) is 3.13. The highest BCUT2D eigenvalue weighted by atomic mass is 32.1. The standard InChI is InChI=1S/C26H29N3O3S/c1-3-32-24-7-5-4-6-20(24)10-13-25(30)29-16-14-28(15-17-29)18-22-19-33-26(27-22)21-8-11-23(31-2)12-9-21/h4-13,19H,3,14-18H2,1-2H3/b13-10+. The SMILES string of the molecule is CCOc1ccccc1/C=C/C(=O)N1CCN(Cc2csc(-c3ccc(OC)cc3)n2)CC1. The van der Waals surface area contributed by atoms with Crippen LogP contribution in [0.5, 0.6) is 11.5 Å². The number of piperazine rings is 1. The Hall–Kier alpha value is -3.16. The molecule has 1 amide bonds. The Bertz CT molecular complexity index is 1090. The average Bonchev–Trinajstić information content (AvgIpc) is 3.32. The van der Waals surface area contributed by atoms with Crippen molar-refractivity contribution >= 4 is 23.3 Å².